The molecule has 0 amide bonds. The molecular weight excluding hydrogens is 194 g/mol. The van der Waals surface area contributed by atoms with Gasteiger partial charge in [-0.05, 0) is 44.2 Å². The zero-order valence-corrected chi connectivity index (χ0v) is 11.7. The minimum absolute atomic E-state index is 0.895. The van der Waals surface area contributed by atoms with E-state index in [9.17, 15) is 0 Å². The van der Waals surface area contributed by atoms with Crippen molar-refractivity contribution in [1.82, 2.24) is 4.90 Å². The van der Waals surface area contributed by atoms with Crippen LogP contribution in [-0.4, -0.2) is 24.5 Å². The summed E-state index contributed by atoms with van der Waals surface area (Å²) in [6.07, 6.45) is 9.96. The van der Waals surface area contributed by atoms with E-state index >= 15 is 0 Å². The topological polar surface area (TPSA) is 3.24 Å². The third-order valence-electron chi connectivity index (χ3n) is 4.12. The zero-order valence-electron chi connectivity index (χ0n) is 11.7. The second-order valence-electron chi connectivity index (χ2n) is 5.91. The Morgan fingerprint density at radius 3 is 2.00 bits per heavy atom. The maximum Gasteiger partial charge on any atom is 0.000702 e. The van der Waals surface area contributed by atoms with Crippen molar-refractivity contribution < 1.29 is 0 Å². The van der Waals surface area contributed by atoms with E-state index in [2.05, 4.69) is 25.7 Å². The van der Waals surface area contributed by atoms with Crippen LogP contribution in [0.4, 0.5) is 0 Å². The summed E-state index contributed by atoms with van der Waals surface area (Å²) in [5.74, 6) is 1.82. The minimum Gasteiger partial charge on any atom is -0.303 e. The molecule has 1 heterocycles. The molecule has 1 fully saturated rings. The van der Waals surface area contributed by atoms with E-state index in [0.29, 0.717) is 0 Å². The molecule has 0 bridgehead atoms. The highest BCUT2D eigenvalue weighted by atomic mass is 15.1. The van der Waals surface area contributed by atoms with Crippen molar-refractivity contribution in [2.24, 2.45) is 11.8 Å². The van der Waals surface area contributed by atoms with E-state index in [-0.39, 0.29) is 0 Å². The smallest absolute Gasteiger partial charge is 0.000702 e. The highest BCUT2D eigenvalue weighted by molar-refractivity contribution is 4.67. The Labute approximate surface area is 103 Å². The van der Waals surface area contributed by atoms with Gasteiger partial charge in [0, 0.05) is 6.54 Å². The van der Waals surface area contributed by atoms with E-state index in [1.54, 1.807) is 0 Å². The van der Waals surface area contributed by atoms with Crippen molar-refractivity contribution in [2.75, 3.05) is 19.6 Å². The molecule has 1 rings (SSSR count). The van der Waals surface area contributed by atoms with Crippen molar-refractivity contribution in [3.05, 3.63) is 0 Å². The van der Waals surface area contributed by atoms with Crippen LogP contribution in [-0.2, 0) is 0 Å². The lowest BCUT2D eigenvalue weighted by atomic mass is 9.96. The van der Waals surface area contributed by atoms with Gasteiger partial charge in [-0.1, -0.05) is 46.5 Å². The van der Waals surface area contributed by atoms with E-state index in [1.807, 2.05) is 0 Å². The van der Waals surface area contributed by atoms with Crippen LogP contribution < -0.4 is 0 Å². The fourth-order valence-electron chi connectivity index (χ4n) is 2.62. The minimum atomic E-state index is 0.895. The van der Waals surface area contributed by atoms with E-state index in [1.165, 1.54) is 64.6 Å². The van der Waals surface area contributed by atoms with Crippen LogP contribution in [0.25, 0.3) is 0 Å². The normalized spacial score (nSPS) is 22.7. The molecule has 0 spiro atoms. The van der Waals surface area contributed by atoms with Gasteiger partial charge in [-0.25, -0.2) is 0 Å². The van der Waals surface area contributed by atoms with Crippen LogP contribution in [0.2, 0.25) is 0 Å². The van der Waals surface area contributed by atoms with Crippen molar-refractivity contribution >= 4 is 0 Å². The summed E-state index contributed by atoms with van der Waals surface area (Å²) in [5, 5.41) is 0. The number of likely N-dealkylation sites (tertiary alicyclic amines) is 1. The van der Waals surface area contributed by atoms with Crippen molar-refractivity contribution in [2.45, 2.75) is 65.7 Å². The molecule has 1 aliphatic heterocycles. The first-order valence-electron chi connectivity index (χ1n) is 7.44. The summed E-state index contributed by atoms with van der Waals surface area (Å²) in [4.78, 5) is 2.70. The summed E-state index contributed by atoms with van der Waals surface area (Å²) in [6, 6.07) is 0. The van der Waals surface area contributed by atoms with Crippen LogP contribution in [0.1, 0.15) is 65.7 Å². The predicted molar refractivity (Wildman–Crippen MR) is 72.8 cm³/mol. The molecular formula is C15H31N. The van der Waals surface area contributed by atoms with Gasteiger partial charge in [-0.15, -0.1) is 0 Å². The third-order valence-corrected chi connectivity index (χ3v) is 4.12. The molecule has 96 valence electrons. The molecule has 0 aromatic heterocycles. The van der Waals surface area contributed by atoms with Crippen LogP contribution in [0, 0.1) is 11.8 Å². The van der Waals surface area contributed by atoms with Crippen molar-refractivity contribution in [3.8, 4) is 0 Å². The average Bonchev–Trinajstić information content (AvgIpc) is 2.54. The fraction of sp³-hybridized carbons (Fsp3) is 1.00. The standard InChI is InChI=1S/C15H31N/c1-4-14(2)9-10-15(3)13-16-11-7-5-6-8-12-16/h14-15H,4-13H2,1-3H3. The quantitative estimate of drug-likeness (QED) is 0.650. The largest absolute Gasteiger partial charge is 0.303 e. The first-order chi connectivity index (χ1) is 7.72. The Bertz CT molecular complexity index is 159. The number of hydrogen-bond donors (Lipinski definition) is 0. The van der Waals surface area contributed by atoms with Crippen molar-refractivity contribution in [1.29, 1.82) is 0 Å². The summed E-state index contributed by atoms with van der Waals surface area (Å²) < 4.78 is 0. The molecule has 2 atom stereocenters. The Balaban J connectivity index is 2.14. The summed E-state index contributed by atoms with van der Waals surface area (Å²) in [5.41, 5.74) is 0. The monoisotopic (exact) mass is 225 g/mol. The Hall–Kier alpha value is -0.0400. The summed E-state index contributed by atoms with van der Waals surface area (Å²) in [6.45, 7) is 11.2. The Morgan fingerprint density at radius 1 is 0.875 bits per heavy atom. The van der Waals surface area contributed by atoms with Gasteiger partial charge >= 0.3 is 0 Å². The molecule has 16 heavy (non-hydrogen) atoms. The van der Waals surface area contributed by atoms with Gasteiger partial charge < -0.3 is 4.90 Å². The van der Waals surface area contributed by atoms with Gasteiger partial charge in [0.15, 0.2) is 0 Å². The van der Waals surface area contributed by atoms with E-state index in [4.69, 9.17) is 0 Å². The molecule has 1 nitrogen and oxygen atoms in total. The molecule has 2 unspecified atom stereocenters. The van der Waals surface area contributed by atoms with Crippen LogP contribution in [0.3, 0.4) is 0 Å². The zero-order chi connectivity index (χ0) is 11.8. The molecule has 0 aromatic carbocycles. The molecule has 1 saturated heterocycles. The van der Waals surface area contributed by atoms with Crippen LogP contribution in [0.5, 0.6) is 0 Å². The first-order valence-corrected chi connectivity index (χ1v) is 7.44. The maximum atomic E-state index is 2.70. The molecule has 0 aromatic rings. The first kappa shape index (κ1) is 14.0. The molecule has 0 N–H and O–H groups in total. The molecule has 0 saturated carbocycles. The highest BCUT2D eigenvalue weighted by Crippen LogP contribution is 2.17. The highest BCUT2D eigenvalue weighted by Gasteiger charge is 2.13. The van der Waals surface area contributed by atoms with Gasteiger partial charge in [0.05, 0.1) is 0 Å². The second-order valence-corrected chi connectivity index (χ2v) is 5.91. The Kier molecular flexibility index (Phi) is 7.11. The number of hydrogen-bond acceptors (Lipinski definition) is 1. The summed E-state index contributed by atoms with van der Waals surface area (Å²) in [7, 11) is 0. The number of rotatable bonds is 6. The number of nitrogens with zero attached hydrogens (tertiary/aromatic N) is 1. The van der Waals surface area contributed by atoms with Gasteiger partial charge in [0.1, 0.15) is 0 Å². The van der Waals surface area contributed by atoms with E-state index < -0.39 is 0 Å². The third kappa shape index (κ3) is 5.89. The fourth-order valence-corrected chi connectivity index (χ4v) is 2.62. The lowest BCUT2D eigenvalue weighted by Crippen LogP contribution is -2.29. The van der Waals surface area contributed by atoms with Gasteiger partial charge in [-0.3, -0.25) is 0 Å². The van der Waals surface area contributed by atoms with Gasteiger partial charge in [0.25, 0.3) is 0 Å². The molecule has 1 aliphatic rings. The predicted octanol–water partition coefficient (Wildman–Crippen LogP) is 4.32. The van der Waals surface area contributed by atoms with Crippen LogP contribution in [0.15, 0.2) is 0 Å². The molecule has 0 aliphatic carbocycles. The lowest BCUT2D eigenvalue weighted by Gasteiger charge is -2.24. The Morgan fingerprint density at radius 2 is 1.44 bits per heavy atom. The van der Waals surface area contributed by atoms with Crippen LogP contribution >= 0.6 is 0 Å². The van der Waals surface area contributed by atoms with E-state index in [0.717, 1.165) is 11.8 Å². The van der Waals surface area contributed by atoms with Crippen molar-refractivity contribution in [3.63, 3.8) is 0 Å². The SMILES string of the molecule is CCC(C)CCC(C)CN1CCCCCC1. The summed E-state index contributed by atoms with van der Waals surface area (Å²) >= 11 is 0. The second kappa shape index (κ2) is 8.11. The average molecular weight is 225 g/mol. The maximum absolute atomic E-state index is 2.70. The molecule has 1 heteroatoms. The van der Waals surface area contributed by atoms with Gasteiger partial charge in [-0.2, -0.15) is 0 Å². The lowest BCUT2D eigenvalue weighted by molar-refractivity contribution is 0.234. The molecule has 0 radical (unpaired) electrons. The van der Waals surface area contributed by atoms with Gasteiger partial charge in [0.2, 0.25) is 0 Å².